The number of para-hydroxylation sites is 1. The molecule has 3 rings (SSSR count). The fourth-order valence-corrected chi connectivity index (χ4v) is 1.78. The highest BCUT2D eigenvalue weighted by molar-refractivity contribution is 5.57. The van der Waals surface area contributed by atoms with Gasteiger partial charge < -0.3 is 4.90 Å². The summed E-state index contributed by atoms with van der Waals surface area (Å²) in [4.78, 5) is 10.7. The maximum absolute atomic E-state index is 4.52. The quantitative estimate of drug-likeness (QED) is 0.698. The van der Waals surface area contributed by atoms with Crippen molar-refractivity contribution in [3.63, 3.8) is 0 Å². The second-order valence-electron chi connectivity index (χ2n) is 3.67. The molecule has 1 aliphatic rings. The number of hydrogen-bond donors (Lipinski definition) is 0. The lowest BCUT2D eigenvalue weighted by molar-refractivity contribution is 0.935. The van der Waals surface area contributed by atoms with Crippen LogP contribution in [0.3, 0.4) is 0 Å². The van der Waals surface area contributed by atoms with E-state index in [1.54, 1.807) is 6.20 Å². The first-order chi connectivity index (χ1) is 7.93. The number of fused-ring (bicyclic) bond motifs is 1. The number of aromatic nitrogens is 1. The van der Waals surface area contributed by atoms with E-state index in [1.165, 1.54) is 0 Å². The number of anilines is 1. The van der Waals surface area contributed by atoms with Crippen LogP contribution in [0.25, 0.3) is 6.20 Å². The van der Waals surface area contributed by atoms with E-state index in [1.807, 2.05) is 36.5 Å². The Morgan fingerprint density at radius 2 is 2.00 bits per heavy atom. The van der Waals surface area contributed by atoms with Crippen LogP contribution in [0, 0.1) is 0 Å². The van der Waals surface area contributed by atoms with Crippen molar-refractivity contribution in [2.45, 2.75) is 0 Å². The van der Waals surface area contributed by atoms with E-state index in [4.69, 9.17) is 0 Å². The summed E-state index contributed by atoms with van der Waals surface area (Å²) in [6.07, 6.45) is 5.73. The number of hydrogen-bond acceptors (Lipinski definition) is 3. The van der Waals surface area contributed by atoms with Crippen LogP contribution in [0.4, 0.5) is 5.69 Å². The van der Waals surface area contributed by atoms with Gasteiger partial charge in [0.15, 0.2) is 0 Å². The van der Waals surface area contributed by atoms with Gasteiger partial charge in [-0.05, 0) is 18.2 Å². The molecule has 0 bridgehead atoms. The minimum Gasteiger partial charge on any atom is -0.326 e. The molecule has 78 valence electrons. The van der Waals surface area contributed by atoms with Crippen molar-refractivity contribution in [1.82, 2.24) is 4.98 Å². The molecule has 3 nitrogen and oxygen atoms in total. The van der Waals surface area contributed by atoms with E-state index in [-0.39, 0.29) is 0 Å². The van der Waals surface area contributed by atoms with Crippen molar-refractivity contribution in [1.29, 1.82) is 0 Å². The Hall–Kier alpha value is -2.16. The van der Waals surface area contributed by atoms with E-state index in [0.29, 0.717) is 6.67 Å². The third-order valence-corrected chi connectivity index (χ3v) is 2.60. The van der Waals surface area contributed by atoms with E-state index >= 15 is 0 Å². The van der Waals surface area contributed by atoms with Crippen LogP contribution < -0.4 is 15.5 Å². The van der Waals surface area contributed by atoms with Crippen LogP contribution >= 0.6 is 0 Å². The highest BCUT2D eigenvalue weighted by Gasteiger charge is 2.05. The summed E-state index contributed by atoms with van der Waals surface area (Å²) in [5.74, 6) is 0. The smallest absolute Gasteiger partial charge is 0.115 e. The van der Waals surface area contributed by atoms with Crippen LogP contribution in [-0.2, 0) is 0 Å². The van der Waals surface area contributed by atoms with Gasteiger partial charge in [0.25, 0.3) is 0 Å². The molecule has 0 fully saturated rings. The summed E-state index contributed by atoms with van der Waals surface area (Å²) in [6.45, 7) is 0.655. The molecule has 2 heterocycles. The van der Waals surface area contributed by atoms with Crippen molar-refractivity contribution in [2.24, 2.45) is 4.99 Å². The van der Waals surface area contributed by atoms with Gasteiger partial charge in [-0.15, -0.1) is 0 Å². The average Bonchev–Trinajstić information content (AvgIpc) is 2.39. The summed E-state index contributed by atoms with van der Waals surface area (Å²) >= 11 is 0. The second kappa shape index (κ2) is 3.77. The van der Waals surface area contributed by atoms with Crippen molar-refractivity contribution >= 4 is 11.9 Å². The van der Waals surface area contributed by atoms with E-state index in [2.05, 4.69) is 27.1 Å². The van der Waals surface area contributed by atoms with Crippen molar-refractivity contribution < 1.29 is 0 Å². The Labute approximate surface area is 93.4 Å². The third kappa shape index (κ3) is 1.56. The lowest BCUT2D eigenvalue weighted by Gasteiger charge is -2.19. The molecule has 3 heteroatoms. The van der Waals surface area contributed by atoms with Crippen LogP contribution in [0.5, 0.6) is 0 Å². The topological polar surface area (TPSA) is 28.5 Å². The van der Waals surface area contributed by atoms with E-state index in [9.17, 15) is 0 Å². The Kier molecular flexibility index (Phi) is 2.14. The van der Waals surface area contributed by atoms with Crippen LogP contribution in [-0.4, -0.2) is 11.7 Å². The second-order valence-corrected chi connectivity index (χ2v) is 3.67. The molecule has 0 saturated heterocycles. The molecule has 0 amide bonds. The average molecular weight is 209 g/mol. The largest absolute Gasteiger partial charge is 0.326 e. The summed E-state index contributed by atoms with van der Waals surface area (Å²) < 4.78 is 0. The Morgan fingerprint density at radius 1 is 1.06 bits per heavy atom. The van der Waals surface area contributed by atoms with Gasteiger partial charge in [-0.25, -0.2) is 0 Å². The van der Waals surface area contributed by atoms with E-state index in [0.717, 1.165) is 16.3 Å². The van der Waals surface area contributed by atoms with Gasteiger partial charge in [-0.1, -0.05) is 18.2 Å². The number of nitrogens with zero attached hydrogens (tertiary/aromatic N) is 3. The first kappa shape index (κ1) is 9.09. The third-order valence-electron chi connectivity index (χ3n) is 2.60. The summed E-state index contributed by atoms with van der Waals surface area (Å²) in [7, 11) is 0. The molecule has 1 aromatic carbocycles. The van der Waals surface area contributed by atoms with E-state index < -0.39 is 0 Å². The molecule has 0 spiro atoms. The maximum atomic E-state index is 4.52. The van der Waals surface area contributed by atoms with Crippen molar-refractivity contribution in [3.05, 3.63) is 59.4 Å². The number of benzene rings is 1. The molecule has 0 N–H and O–H groups in total. The fourth-order valence-electron chi connectivity index (χ4n) is 1.78. The molecule has 0 unspecified atom stereocenters. The standard InChI is InChI=1S/C13H11N3/c1-2-6-13-11(4-1)9-16(10-15-13)12-5-3-7-14-8-12/h1-9H,10H2. The highest BCUT2D eigenvalue weighted by atomic mass is 15.2. The molecular weight excluding hydrogens is 198 g/mol. The summed E-state index contributed by atoms with van der Waals surface area (Å²) in [6, 6.07) is 12.1. The van der Waals surface area contributed by atoms with Crippen LogP contribution in [0.15, 0.2) is 53.8 Å². The van der Waals surface area contributed by atoms with Gasteiger partial charge in [0.05, 0.1) is 17.2 Å². The lowest BCUT2D eigenvalue weighted by Crippen LogP contribution is -2.35. The van der Waals surface area contributed by atoms with Gasteiger partial charge in [0.2, 0.25) is 0 Å². The highest BCUT2D eigenvalue weighted by Crippen LogP contribution is 2.12. The first-order valence-corrected chi connectivity index (χ1v) is 5.21. The molecule has 2 aromatic rings. The SMILES string of the molecule is C1=c2ccccc2=NCN1c1cccnc1. The monoisotopic (exact) mass is 209 g/mol. The zero-order valence-corrected chi connectivity index (χ0v) is 8.74. The molecule has 1 aromatic heterocycles. The normalized spacial score (nSPS) is 13.6. The molecular formula is C13H11N3. The van der Waals surface area contributed by atoms with Gasteiger partial charge in [-0.2, -0.15) is 0 Å². The van der Waals surface area contributed by atoms with Gasteiger partial charge in [0.1, 0.15) is 6.67 Å². The number of rotatable bonds is 1. The minimum atomic E-state index is 0.655. The van der Waals surface area contributed by atoms with Gasteiger partial charge in [-0.3, -0.25) is 9.98 Å². The number of pyridine rings is 1. The van der Waals surface area contributed by atoms with Crippen molar-refractivity contribution in [3.8, 4) is 0 Å². The predicted octanol–water partition coefficient (Wildman–Crippen LogP) is 0.917. The molecule has 1 aliphatic heterocycles. The predicted molar refractivity (Wildman–Crippen MR) is 63.3 cm³/mol. The van der Waals surface area contributed by atoms with Crippen molar-refractivity contribution in [2.75, 3.05) is 11.6 Å². The Bertz CT molecular complexity index is 605. The lowest BCUT2D eigenvalue weighted by atomic mass is 10.2. The van der Waals surface area contributed by atoms with Crippen LogP contribution in [0.2, 0.25) is 0 Å². The molecule has 0 aliphatic carbocycles. The minimum absolute atomic E-state index is 0.655. The summed E-state index contributed by atoms with van der Waals surface area (Å²) in [5.41, 5.74) is 1.07. The zero-order chi connectivity index (χ0) is 10.8. The molecule has 16 heavy (non-hydrogen) atoms. The van der Waals surface area contributed by atoms with Gasteiger partial charge in [0, 0.05) is 17.6 Å². The Morgan fingerprint density at radius 3 is 2.88 bits per heavy atom. The Balaban J connectivity index is 2.08. The van der Waals surface area contributed by atoms with Crippen LogP contribution in [0.1, 0.15) is 0 Å². The molecule has 0 saturated carbocycles. The summed E-state index contributed by atoms with van der Waals surface area (Å²) in [5, 5.41) is 2.21. The van der Waals surface area contributed by atoms with Gasteiger partial charge >= 0.3 is 0 Å². The zero-order valence-electron chi connectivity index (χ0n) is 8.74. The first-order valence-electron chi connectivity index (χ1n) is 5.21. The molecule has 0 radical (unpaired) electrons. The molecule has 0 atom stereocenters. The maximum Gasteiger partial charge on any atom is 0.115 e. The fraction of sp³-hybridized carbons (Fsp3) is 0.0769.